The van der Waals surface area contributed by atoms with Crippen molar-refractivity contribution in [1.29, 1.82) is 0 Å². The normalized spacial score (nSPS) is 12.3. The van der Waals surface area contributed by atoms with E-state index in [0.717, 1.165) is 23.3 Å². The number of rotatable bonds is 8. The average molecular weight is 349 g/mol. The van der Waals surface area contributed by atoms with Gasteiger partial charge in [-0.05, 0) is 18.2 Å². The number of ketones is 1. The van der Waals surface area contributed by atoms with Crippen molar-refractivity contribution in [2.24, 2.45) is 0 Å². The number of nitrogens with one attached hydrogen (secondary N) is 2. The van der Waals surface area contributed by atoms with E-state index in [4.69, 9.17) is 0 Å². The first-order valence-corrected chi connectivity index (χ1v) is 8.40. The molecule has 1 aliphatic rings. The largest absolute Gasteiger partial charge is 0.323 e. The van der Waals surface area contributed by atoms with Crippen LogP contribution in [0.25, 0.3) is 5.57 Å². The van der Waals surface area contributed by atoms with Gasteiger partial charge in [0.05, 0.1) is 17.9 Å². The van der Waals surface area contributed by atoms with Crippen molar-refractivity contribution in [3.63, 3.8) is 0 Å². The number of pyridine rings is 1. The maximum absolute atomic E-state index is 12.3. The van der Waals surface area contributed by atoms with E-state index in [1.807, 2.05) is 6.08 Å². The molecule has 2 N–H and O–H groups in total. The van der Waals surface area contributed by atoms with E-state index in [2.05, 4.69) is 31.3 Å². The summed E-state index contributed by atoms with van der Waals surface area (Å²) in [4.78, 5) is 36.5. The Labute approximate surface area is 151 Å². The van der Waals surface area contributed by atoms with Gasteiger partial charge >= 0.3 is 0 Å². The van der Waals surface area contributed by atoms with Crippen molar-refractivity contribution < 1.29 is 9.59 Å². The predicted molar refractivity (Wildman–Crippen MR) is 97.3 cm³/mol. The van der Waals surface area contributed by atoms with Crippen LogP contribution in [0.4, 0.5) is 5.69 Å². The van der Waals surface area contributed by atoms with Gasteiger partial charge in [0, 0.05) is 42.9 Å². The zero-order valence-corrected chi connectivity index (χ0v) is 14.5. The van der Waals surface area contributed by atoms with E-state index < -0.39 is 0 Å². The Morgan fingerprint density at radius 1 is 1.31 bits per heavy atom. The molecule has 0 aliphatic heterocycles. The van der Waals surface area contributed by atoms with Gasteiger partial charge in [0.15, 0.2) is 5.78 Å². The van der Waals surface area contributed by atoms with E-state index in [9.17, 15) is 9.59 Å². The van der Waals surface area contributed by atoms with E-state index in [-0.39, 0.29) is 23.9 Å². The molecule has 0 atom stereocenters. The molecule has 3 rings (SSSR count). The van der Waals surface area contributed by atoms with Crippen LogP contribution in [0.2, 0.25) is 0 Å². The Balaban J connectivity index is 1.67. The first-order valence-electron chi connectivity index (χ1n) is 8.40. The Bertz CT molecular complexity index is 886. The zero-order chi connectivity index (χ0) is 18.4. The van der Waals surface area contributed by atoms with E-state index in [1.165, 1.54) is 6.33 Å². The van der Waals surface area contributed by atoms with Gasteiger partial charge in [0.2, 0.25) is 5.91 Å². The molecule has 7 heteroatoms. The van der Waals surface area contributed by atoms with Crippen molar-refractivity contribution in [3.05, 3.63) is 59.6 Å². The average Bonchev–Trinajstić information content (AvgIpc) is 2.61. The van der Waals surface area contributed by atoms with Gasteiger partial charge < -0.3 is 10.6 Å². The molecule has 1 aliphatic carbocycles. The first kappa shape index (κ1) is 17.7. The van der Waals surface area contributed by atoms with Crippen LogP contribution in [0.5, 0.6) is 0 Å². The number of carbonyl (C=O) groups is 2. The molecule has 26 heavy (non-hydrogen) atoms. The number of carbonyl (C=O) groups excluding carboxylic acids is 2. The molecule has 0 fully saturated rings. The Morgan fingerprint density at radius 3 is 2.81 bits per heavy atom. The molecule has 0 bridgehead atoms. The second-order valence-corrected chi connectivity index (χ2v) is 5.78. The summed E-state index contributed by atoms with van der Waals surface area (Å²) in [5.74, 6) is -0.361. The molecule has 132 valence electrons. The second kappa shape index (κ2) is 8.29. The number of aromatic nitrogens is 3. The standard InChI is InChI=1S/C19H19N5O2/c1-2-17(25)19-16(8-14(9-22-19)13-4-3-5-13)24-18(26)11-21-10-15-6-7-20-12-23-15/h3,6-9,12,21H,2,4,10-11H2,1H3,(H,24,26). The van der Waals surface area contributed by atoms with Gasteiger partial charge in [-0.3, -0.25) is 14.6 Å². The third-order valence-electron chi connectivity index (χ3n) is 3.91. The number of nitrogens with zero attached hydrogens (tertiary/aromatic N) is 3. The summed E-state index contributed by atoms with van der Waals surface area (Å²) >= 11 is 0. The van der Waals surface area contributed by atoms with Crippen LogP contribution < -0.4 is 10.6 Å². The minimum absolute atomic E-state index is 0.0938. The fraction of sp³-hybridized carbons (Fsp3) is 0.263. The highest BCUT2D eigenvalue weighted by Crippen LogP contribution is 2.26. The fourth-order valence-electron chi connectivity index (χ4n) is 2.44. The highest BCUT2D eigenvalue weighted by atomic mass is 16.2. The zero-order valence-electron chi connectivity index (χ0n) is 14.5. The topological polar surface area (TPSA) is 96.9 Å². The van der Waals surface area contributed by atoms with E-state index >= 15 is 0 Å². The maximum Gasteiger partial charge on any atom is 0.238 e. The van der Waals surface area contributed by atoms with Gasteiger partial charge in [-0.15, -0.1) is 5.73 Å². The summed E-state index contributed by atoms with van der Waals surface area (Å²) in [6.45, 7) is 2.31. The van der Waals surface area contributed by atoms with Crippen LogP contribution in [0.3, 0.4) is 0 Å². The van der Waals surface area contributed by atoms with Crippen molar-refractivity contribution >= 4 is 23.0 Å². The molecule has 7 nitrogen and oxygen atoms in total. The number of amides is 1. The predicted octanol–water partition coefficient (Wildman–Crippen LogP) is 2.13. The van der Waals surface area contributed by atoms with Crippen LogP contribution in [0.15, 0.2) is 42.7 Å². The lowest BCUT2D eigenvalue weighted by molar-refractivity contribution is -0.115. The Kier molecular flexibility index (Phi) is 5.63. The van der Waals surface area contributed by atoms with Crippen molar-refractivity contribution in [1.82, 2.24) is 20.3 Å². The fourth-order valence-corrected chi connectivity index (χ4v) is 2.44. The lowest BCUT2D eigenvalue weighted by atomic mass is 9.98. The summed E-state index contributed by atoms with van der Waals surface area (Å²) in [5.41, 5.74) is 6.48. The molecule has 2 aromatic heterocycles. The summed E-state index contributed by atoms with van der Waals surface area (Å²) < 4.78 is 0. The molecule has 0 saturated heterocycles. The number of anilines is 1. The number of hydrogen-bond acceptors (Lipinski definition) is 6. The van der Waals surface area contributed by atoms with Gasteiger partial charge in [-0.25, -0.2) is 9.97 Å². The van der Waals surface area contributed by atoms with Crippen LogP contribution in [-0.2, 0) is 11.3 Å². The van der Waals surface area contributed by atoms with Crippen molar-refractivity contribution in [2.75, 3.05) is 11.9 Å². The smallest absolute Gasteiger partial charge is 0.238 e. The number of hydrogen-bond donors (Lipinski definition) is 2. The minimum atomic E-state index is -0.249. The summed E-state index contributed by atoms with van der Waals surface area (Å²) in [5, 5.41) is 5.80. The Hall–Kier alpha value is -3.15. The first-order chi connectivity index (χ1) is 12.7. The minimum Gasteiger partial charge on any atom is -0.323 e. The molecule has 1 amide bonds. The van der Waals surface area contributed by atoms with Gasteiger partial charge in [0.1, 0.15) is 12.0 Å². The molecule has 2 heterocycles. The third-order valence-corrected chi connectivity index (χ3v) is 3.91. The van der Waals surface area contributed by atoms with Crippen LogP contribution in [-0.4, -0.2) is 33.2 Å². The highest BCUT2D eigenvalue weighted by molar-refractivity contribution is 6.04. The SMILES string of the molecule is CCC(=O)c1ncc(C2=C=CC2)cc1NC(=O)CNCc1ccncn1. The molecule has 0 saturated carbocycles. The van der Waals surface area contributed by atoms with Gasteiger partial charge in [0.25, 0.3) is 0 Å². The third kappa shape index (κ3) is 4.27. The molecular formula is C19H19N5O2. The lowest BCUT2D eigenvalue weighted by Gasteiger charge is -2.13. The van der Waals surface area contributed by atoms with E-state index in [0.29, 0.717) is 18.7 Å². The van der Waals surface area contributed by atoms with Crippen LogP contribution >= 0.6 is 0 Å². The molecular weight excluding hydrogens is 330 g/mol. The summed E-state index contributed by atoms with van der Waals surface area (Å²) in [6.07, 6.45) is 7.82. The van der Waals surface area contributed by atoms with Crippen molar-refractivity contribution in [3.8, 4) is 0 Å². The lowest BCUT2D eigenvalue weighted by Crippen LogP contribution is -2.28. The van der Waals surface area contributed by atoms with Gasteiger partial charge in [-0.2, -0.15) is 0 Å². The second-order valence-electron chi connectivity index (χ2n) is 5.78. The maximum atomic E-state index is 12.3. The molecule has 2 aromatic rings. The summed E-state index contributed by atoms with van der Waals surface area (Å²) in [6, 6.07) is 3.56. The highest BCUT2D eigenvalue weighted by Gasteiger charge is 2.16. The Morgan fingerprint density at radius 2 is 2.15 bits per heavy atom. The summed E-state index contributed by atoms with van der Waals surface area (Å²) in [7, 11) is 0. The van der Waals surface area contributed by atoms with Crippen molar-refractivity contribution in [2.45, 2.75) is 26.3 Å². The quantitative estimate of drug-likeness (QED) is 0.560. The molecule has 0 radical (unpaired) electrons. The number of Topliss-reactive ketones (excluding diaryl/α,β-unsaturated/α-hetero) is 1. The molecule has 0 unspecified atom stereocenters. The molecule has 0 spiro atoms. The van der Waals surface area contributed by atoms with Gasteiger partial charge in [-0.1, -0.05) is 6.92 Å². The number of allylic oxidation sites excluding steroid dienone is 1. The monoisotopic (exact) mass is 349 g/mol. The molecule has 0 aromatic carbocycles. The van der Waals surface area contributed by atoms with Crippen LogP contribution in [0.1, 0.15) is 41.5 Å². The van der Waals surface area contributed by atoms with Crippen LogP contribution in [0, 0.1) is 0 Å². The van der Waals surface area contributed by atoms with E-state index in [1.54, 1.807) is 31.5 Å².